The van der Waals surface area contributed by atoms with Gasteiger partial charge in [0.1, 0.15) is 11.6 Å². The van der Waals surface area contributed by atoms with E-state index in [9.17, 15) is 9.18 Å². The van der Waals surface area contributed by atoms with Gasteiger partial charge < -0.3 is 14.6 Å². The molecule has 0 saturated carbocycles. The van der Waals surface area contributed by atoms with Crippen molar-refractivity contribution in [2.45, 2.75) is 23.9 Å². The van der Waals surface area contributed by atoms with Crippen LogP contribution >= 0.6 is 11.8 Å². The molecule has 0 saturated heterocycles. The van der Waals surface area contributed by atoms with E-state index in [2.05, 4.69) is 15.5 Å². The van der Waals surface area contributed by atoms with Crippen LogP contribution < -0.4 is 10.1 Å². The Morgan fingerprint density at radius 3 is 2.50 bits per heavy atom. The quantitative estimate of drug-likeness (QED) is 0.616. The smallest absolute Gasteiger partial charge is 0.233 e. The lowest BCUT2D eigenvalue weighted by atomic mass is 10.2. The summed E-state index contributed by atoms with van der Waals surface area (Å²) >= 11 is 1.32. The molecule has 0 radical (unpaired) electrons. The molecule has 0 bridgehead atoms. The van der Waals surface area contributed by atoms with Crippen LogP contribution in [0, 0.1) is 5.82 Å². The number of carbonyl (C=O) groups excluding carboxylic acids is 1. The molecule has 1 atom stereocenters. The number of nitrogens with one attached hydrogen (secondary N) is 1. The van der Waals surface area contributed by atoms with Crippen molar-refractivity contribution >= 4 is 17.7 Å². The van der Waals surface area contributed by atoms with Crippen molar-refractivity contribution in [3.8, 4) is 17.1 Å². The minimum atomic E-state index is -0.345. The number of hydrogen-bond donors (Lipinski definition) is 1. The van der Waals surface area contributed by atoms with Crippen molar-refractivity contribution in [2.24, 2.45) is 7.05 Å². The number of hydrogen-bond acceptors (Lipinski definition) is 5. The summed E-state index contributed by atoms with van der Waals surface area (Å²) < 4.78 is 20.0. The van der Waals surface area contributed by atoms with E-state index >= 15 is 0 Å². The number of nitrogens with zero attached hydrogens (tertiary/aromatic N) is 3. The van der Waals surface area contributed by atoms with Gasteiger partial charge in [-0.3, -0.25) is 4.79 Å². The Balaban J connectivity index is 1.60. The van der Waals surface area contributed by atoms with E-state index < -0.39 is 0 Å². The molecule has 1 N–H and O–H groups in total. The number of thioether (sulfide) groups is 1. The third-order valence-corrected chi connectivity index (χ3v) is 5.35. The number of methoxy groups -OCH3 is 1. The van der Waals surface area contributed by atoms with E-state index in [0.29, 0.717) is 17.5 Å². The highest BCUT2D eigenvalue weighted by Crippen LogP contribution is 2.26. The minimum absolute atomic E-state index is 0.0906. The zero-order valence-electron chi connectivity index (χ0n) is 15.8. The standard InChI is InChI=1S/C20H21FN4O2S/c1-13(19(26)22-12-14-4-10-17(27-3)11-5-14)28-20-24-23-18(25(20)2)15-6-8-16(21)9-7-15/h4-11,13H,12H2,1-3H3,(H,22,26)/t13-/m0/s1. The van der Waals surface area contributed by atoms with E-state index in [0.717, 1.165) is 16.9 Å². The van der Waals surface area contributed by atoms with Gasteiger partial charge in [-0.1, -0.05) is 23.9 Å². The van der Waals surface area contributed by atoms with Crippen molar-refractivity contribution < 1.29 is 13.9 Å². The average Bonchev–Trinajstić information content (AvgIpc) is 3.07. The third-order valence-electron chi connectivity index (χ3n) is 4.21. The second-order valence-corrected chi connectivity index (χ2v) is 7.51. The predicted octanol–water partition coefficient (Wildman–Crippen LogP) is 3.43. The molecule has 0 aliphatic heterocycles. The van der Waals surface area contributed by atoms with Gasteiger partial charge in [0.2, 0.25) is 5.91 Å². The van der Waals surface area contributed by atoms with E-state index in [-0.39, 0.29) is 17.0 Å². The predicted molar refractivity (Wildman–Crippen MR) is 107 cm³/mol. The highest BCUT2D eigenvalue weighted by molar-refractivity contribution is 8.00. The Morgan fingerprint density at radius 1 is 1.18 bits per heavy atom. The lowest BCUT2D eigenvalue weighted by molar-refractivity contribution is -0.120. The number of carbonyl (C=O) groups is 1. The summed E-state index contributed by atoms with van der Waals surface area (Å²) in [7, 11) is 3.44. The van der Waals surface area contributed by atoms with E-state index in [1.165, 1.54) is 23.9 Å². The molecule has 0 fully saturated rings. The van der Waals surface area contributed by atoms with Crippen molar-refractivity contribution in [3.63, 3.8) is 0 Å². The van der Waals surface area contributed by atoms with Crippen molar-refractivity contribution in [1.82, 2.24) is 20.1 Å². The number of aromatic nitrogens is 3. The molecule has 1 aromatic heterocycles. The normalized spacial score (nSPS) is 11.9. The van der Waals surface area contributed by atoms with E-state index in [1.54, 1.807) is 23.8 Å². The Morgan fingerprint density at radius 2 is 1.86 bits per heavy atom. The van der Waals surface area contributed by atoms with Crippen LogP contribution in [0.1, 0.15) is 12.5 Å². The highest BCUT2D eigenvalue weighted by atomic mass is 32.2. The Bertz CT molecular complexity index is 942. The second-order valence-electron chi connectivity index (χ2n) is 6.20. The van der Waals surface area contributed by atoms with Crippen LogP contribution in [-0.4, -0.2) is 33.0 Å². The lowest BCUT2D eigenvalue weighted by Gasteiger charge is -2.12. The zero-order chi connectivity index (χ0) is 20.1. The number of benzene rings is 2. The lowest BCUT2D eigenvalue weighted by Crippen LogP contribution is -2.30. The van der Waals surface area contributed by atoms with Gasteiger partial charge in [-0.05, 0) is 48.9 Å². The molecule has 3 aromatic rings. The first-order chi connectivity index (χ1) is 13.5. The summed E-state index contributed by atoms with van der Waals surface area (Å²) in [6.07, 6.45) is 0. The molecule has 146 valence electrons. The SMILES string of the molecule is COc1ccc(CNC(=O)[C@H](C)Sc2nnc(-c3ccc(F)cc3)n2C)cc1. The summed E-state index contributed by atoms with van der Waals surface area (Å²) in [6, 6.07) is 13.6. The summed E-state index contributed by atoms with van der Waals surface area (Å²) in [4.78, 5) is 12.4. The van der Waals surface area contributed by atoms with Crippen LogP contribution in [-0.2, 0) is 18.4 Å². The molecule has 28 heavy (non-hydrogen) atoms. The highest BCUT2D eigenvalue weighted by Gasteiger charge is 2.19. The fourth-order valence-electron chi connectivity index (χ4n) is 2.56. The fourth-order valence-corrected chi connectivity index (χ4v) is 3.39. The zero-order valence-corrected chi connectivity index (χ0v) is 16.7. The number of halogens is 1. The number of ether oxygens (including phenoxy) is 1. The molecule has 0 aliphatic rings. The molecule has 1 amide bonds. The van der Waals surface area contributed by atoms with Crippen molar-refractivity contribution in [3.05, 3.63) is 59.9 Å². The molecule has 3 rings (SSSR count). The molecule has 1 heterocycles. The minimum Gasteiger partial charge on any atom is -0.497 e. The van der Waals surface area contributed by atoms with E-state index in [4.69, 9.17) is 4.74 Å². The van der Waals surface area contributed by atoms with Crippen molar-refractivity contribution in [1.29, 1.82) is 0 Å². The fraction of sp³-hybridized carbons (Fsp3) is 0.250. The first-order valence-electron chi connectivity index (χ1n) is 8.70. The van der Waals surface area contributed by atoms with Crippen LogP contribution in [0.5, 0.6) is 5.75 Å². The van der Waals surface area contributed by atoms with Gasteiger partial charge in [-0.15, -0.1) is 10.2 Å². The van der Waals surface area contributed by atoms with Crippen LogP contribution in [0.25, 0.3) is 11.4 Å². The monoisotopic (exact) mass is 400 g/mol. The molecule has 6 nitrogen and oxygen atoms in total. The van der Waals surface area contributed by atoms with E-state index in [1.807, 2.05) is 38.2 Å². The Kier molecular flexibility index (Phi) is 6.30. The van der Waals surface area contributed by atoms with Gasteiger partial charge in [-0.25, -0.2) is 4.39 Å². The number of amides is 1. The molecule has 0 unspecified atom stereocenters. The molecule has 8 heteroatoms. The second kappa shape index (κ2) is 8.88. The maximum atomic E-state index is 13.1. The van der Waals surface area contributed by atoms with Gasteiger partial charge in [0, 0.05) is 19.2 Å². The third kappa shape index (κ3) is 4.69. The molecule has 0 aliphatic carbocycles. The van der Waals surface area contributed by atoms with Crippen molar-refractivity contribution in [2.75, 3.05) is 7.11 Å². The first kappa shape index (κ1) is 19.9. The van der Waals surface area contributed by atoms with Crippen LogP contribution in [0.15, 0.2) is 53.7 Å². The maximum Gasteiger partial charge on any atom is 0.233 e. The van der Waals surface area contributed by atoms with Crippen LogP contribution in [0.4, 0.5) is 4.39 Å². The first-order valence-corrected chi connectivity index (χ1v) is 9.58. The Labute approximate surface area is 167 Å². The summed E-state index contributed by atoms with van der Waals surface area (Å²) in [6.45, 7) is 2.26. The average molecular weight is 400 g/mol. The molecular formula is C20H21FN4O2S. The molecular weight excluding hydrogens is 379 g/mol. The maximum absolute atomic E-state index is 13.1. The topological polar surface area (TPSA) is 69.0 Å². The van der Waals surface area contributed by atoms with Crippen LogP contribution in [0.3, 0.4) is 0 Å². The Hall–Kier alpha value is -2.87. The van der Waals surface area contributed by atoms with Gasteiger partial charge in [0.05, 0.1) is 12.4 Å². The van der Waals surface area contributed by atoms with Gasteiger partial charge >= 0.3 is 0 Å². The largest absolute Gasteiger partial charge is 0.497 e. The van der Waals surface area contributed by atoms with Gasteiger partial charge in [-0.2, -0.15) is 0 Å². The summed E-state index contributed by atoms with van der Waals surface area (Å²) in [5.41, 5.74) is 1.75. The number of rotatable bonds is 7. The van der Waals surface area contributed by atoms with Gasteiger partial charge in [0.25, 0.3) is 0 Å². The van der Waals surface area contributed by atoms with Crippen LogP contribution in [0.2, 0.25) is 0 Å². The molecule has 2 aromatic carbocycles. The van der Waals surface area contributed by atoms with Gasteiger partial charge in [0.15, 0.2) is 11.0 Å². The summed E-state index contributed by atoms with van der Waals surface area (Å²) in [5, 5.41) is 11.5. The molecule has 0 spiro atoms. The summed E-state index contributed by atoms with van der Waals surface area (Å²) in [5.74, 6) is 1.00.